The van der Waals surface area contributed by atoms with Gasteiger partial charge in [0.25, 0.3) is 6.43 Å². The predicted molar refractivity (Wildman–Crippen MR) is 156 cm³/mol. The zero-order valence-corrected chi connectivity index (χ0v) is 26.4. The molecule has 0 radical (unpaired) electrons. The summed E-state index contributed by atoms with van der Waals surface area (Å²) in [7, 11) is -4.38. The van der Waals surface area contributed by atoms with Crippen LogP contribution < -0.4 is 10.4 Å². The number of amides is 1. The number of alkyl halides is 3. The minimum Gasteiger partial charge on any atom is -0.444 e. The van der Waals surface area contributed by atoms with Crippen LogP contribution in [-0.2, 0) is 26.0 Å². The highest BCUT2D eigenvalue weighted by Gasteiger charge is 2.43. The second-order valence-electron chi connectivity index (χ2n) is 11.8. The maximum atomic E-state index is 13.9. The fourth-order valence-corrected chi connectivity index (χ4v) is 7.32. The van der Waals surface area contributed by atoms with Crippen LogP contribution in [-0.4, -0.2) is 82.4 Å². The van der Waals surface area contributed by atoms with Crippen molar-refractivity contribution in [1.82, 2.24) is 29.0 Å². The number of aryl methyl sites for hydroxylation is 1. The number of carbonyl (C=O) groups is 1. The zero-order chi connectivity index (χ0) is 32.2. The molecule has 0 aliphatic carbocycles. The highest BCUT2D eigenvalue weighted by Crippen LogP contribution is 2.36. The van der Waals surface area contributed by atoms with Crippen molar-refractivity contribution >= 4 is 44.1 Å². The molecule has 2 aliphatic heterocycles. The van der Waals surface area contributed by atoms with Gasteiger partial charge >= 0.3 is 11.8 Å². The molecule has 0 bridgehead atoms. The van der Waals surface area contributed by atoms with Crippen molar-refractivity contribution in [2.45, 2.75) is 76.1 Å². The third kappa shape index (κ3) is 5.89. The second kappa shape index (κ2) is 11.6. The van der Waals surface area contributed by atoms with Crippen LogP contribution in [0.5, 0.6) is 0 Å². The van der Waals surface area contributed by atoms with Crippen molar-refractivity contribution in [2.24, 2.45) is 0 Å². The molecule has 4 heterocycles. The molecule has 44 heavy (non-hydrogen) atoms. The van der Waals surface area contributed by atoms with Crippen molar-refractivity contribution in [2.75, 3.05) is 26.4 Å². The molecule has 1 atom stereocenters. The quantitative estimate of drug-likeness (QED) is 0.383. The van der Waals surface area contributed by atoms with Gasteiger partial charge in [-0.3, -0.25) is 4.57 Å². The summed E-state index contributed by atoms with van der Waals surface area (Å²) < 4.78 is 83.5. The Morgan fingerprint density at radius 1 is 1.27 bits per heavy atom. The Labute approximate surface area is 255 Å². The van der Waals surface area contributed by atoms with E-state index in [-0.39, 0.29) is 48.3 Å². The zero-order valence-electron chi connectivity index (χ0n) is 24.8. The molecular formula is C27H33F3N6O6S2. The average molecular weight is 659 g/mol. The number of nitrogens with zero attached hydrogens (tertiary/aromatic N) is 5. The highest BCUT2D eigenvalue weighted by atomic mass is 32.2. The summed E-state index contributed by atoms with van der Waals surface area (Å²) in [4.78, 5) is 27.8. The van der Waals surface area contributed by atoms with E-state index in [1.54, 1.807) is 45.6 Å². The first-order valence-electron chi connectivity index (χ1n) is 13.9. The van der Waals surface area contributed by atoms with Gasteiger partial charge in [0.05, 0.1) is 35.2 Å². The number of benzene rings is 1. The van der Waals surface area contributed by atoms with E-state index in [0.717, 1.165) is 4.57 Å². The molecule has 3 aromatic rings. The summed E-state index contributed by atoms with van der Waals surface area (Å²) in [5.41, 5.74) is -1.29. The van der Waals surface area contributed by atoms with Gasteiger partial charge in [0, 0.05) is 18.7 Å². The number of nitrogens with one attached hydrogen (secondary N) is 1. The first kappa shape index (κ1) is 32.1. The number of aromatic nitrogens is 4. The van der Waals surface area contributed by atoms with Crippen LogP contribution in [0, 0.1) is 0 Å². The molecule has 2 aliphatic rings. The lowest BCUT2D eigenvalue weighted by Crippen LogP contribution is -2.63. The van der Waals surface area contributed by atoms with E-state index in [1.165, 1.54) is 16.7 Å². The van der Waals surface area contributed by atoms with E-state index in [2.05, 4.69) is 14.9 Å². The van der Waals surface area contributed by atoms with E-state index >= 15 is 0 Å². The van der Waals surface area contributed by atoms with Gasteiger partial charge in [-0.25, -0.2) is 35.7 Å². The molecule has 5 rings (SSSR count). The molecule has 0 spiro atoms. The number of rotatable bonds is 8. The van der Waals surface area contributed by atoms with Crippen molar-refractivity contribution in [3.8, 4) is 5.13 Å². The first-order chi connectivity index (χ1) is 20.6. The van der Waals surface area contributed by atoms with Crippen LogP contribution in [0.3, 0.4) is 0 Å². The number of ether oxygens (including phenoxy) is 2. The monoisotopic (exact) mass is 658 g/mol. The molecule has 1 aromatic carbocycles. The lowest BCUT2D eigenvalue weighted by molar-refractivity contribution is -0.0725. The molecule has 1 unspecified atom stereocenters. The van der Waals surface area contributed by atoms with Gasteiger partial charge in [0.1, 0.15) is 17.8 Å². The van der Waals surface area contributed by atoms with Gasteiger partial charge in [-0.1, -0.05) is 17.4 Å². The fraction of sp³-hybridized carbons (Fsp3) is 0.556. The summed E-state index contributed by atoms with van der Waals surface area (Å²) >= 11 is 0.510. The molecule has 1 saturated heterocycles. The number of carbonyl (C=O) groups excluding carboxylic acids is 1. The van der Waals surface area contributed by atoms with E-state index in [1.807, 2.05) is 0 Å². The molecule has 240 valence electrons. The third-order valence-corrected chi connectivity index (χ3v) is 9.80. The second-order valence-corrected chi connectivity index (χ2v) is 14.5. The van der Waals surface area contributed by atoms with Gasteiger partial charge in [0.2, 0.25) is 15.2 Å². The van der Waals surface area contributed by atoms with Gasteiger partial charge < -0.3 is 14.4 Å². The summed E-state index contributed by atoms with van der Waals surface area (Å²) in [6.45, 7) is 7.89. The van der Waals surface area contributed by atoms with E-state index in [0.29, 0.717) is 28.0 Å². The molecule has 1 fully saturated rings. The Hall–Kier alpha value is -3.28. The number of fused-ring (bicyclic) bond motifs is 1. The number of imidazole rings is 1. The van der Waals surface area contributed by atoms with Gasteiger partial charge in [-0.15, -0.1) is 10.2 Å². The summed E-state index contributed by atoms with van der Waals surface area (Å²) in [6, 6.07) is 2.19. The minimum absolute atomic E-state index is 0.0916. The molecule has 2 aromatic heterocycles. The Morgan fingerprint density at radius 3 is 2.50 bits per heavy atom. The van der Waals surface area contributed by atoms with Crippen LogP contribution in [0.4, 0.5) is 18.0 Å². The summed E-state index contributed by atoms with van der Waals surface area (Å²) in [6.07, 6.45) is -1.35. The van der Waals surface area contributed by atoms with Gasteiger partial charge in [-0.05, 0) is 58.7 Å². The Morgan fingerprint density at radius 2 is 1.98 bits per heavy atom. The minimum atomic E-state index is -4.38. The first-order valence-corrected chi connectivity index (χ1v) is 16.2. The van der Waals surface area contributed by atoms with Gasteiger partial charge in [0.15, 0.2) is 5.01 Å². The Kier molecular flexibility index (Phi) is 8.45. The highest BCUT2D eigenvalue weighted by molar-refractivity contribution is 7.89. The largest absolute Gasteiger partial charge is 0.444 e. The Bertz CT molecular complexity index is 1780. The van der Waals surface area contributed by atoms with Crippen LogP contribution in [0.25, 0.3) is 21.7 Å². The predicted octanol–water partition coefficient (Wildman–Crippen LogP) is 4.03. The molecule has 1 N–H and O–H groups in total. The molecule has 12 nitrogen and oxygen atoms in total. The number of hydrogen-bond donors (Lipinski definition) is 1. The average Bonchev–Trinajstić information content (AvgIpc) is 3.51. The molecule has 17 heteroatoms. The lowest BCUT2D eigenvalue weighted by atomic mass is 9.95. The maximum Gasteiger partial charge on any atom is 0.410 e. The summed E-state index contributed by atoms with van der Waals surface area (Å²) in [5.74, 6) is 0. The topological polar surface area (TPSA) is 138 Å². The third-order valence-electron chi connectivity index (χ3n) is 7.32. The smallest absolute Gasteiger partial charge is 0.410 e. The van der Waals surface area contributed by atoms with E-state index < -0.39 is 57.1 Å². The van der Waals surface area contributed by atoms with Crippen LogP contribution >= 0.6 is 11.3 Å². The van der Waals surface area contributed by atoms with E-state index in [4.69, 9.17) is 9.47 Å². The van der Waals surface area contributed by atoms with Crippen LogP contribution in [0.2, 0.25) is 0 Å². The van der Waals surface area contributed by atoms with Crippen molar-refractivity contribution in [1.29, 1.82) is 0 Å². The SMILES string of the molecule is CCn1c(=O)n(-c2nnc(C(F)F)s2)c2cc(S(=O)(=O)NC3(CF)COC3)cc(C3=CC(C)N(C(=O)OC(C)(C)C)CC3)c21. The number of sulfonamides is 1. The summed E-state index contributed by atoms with van der Waals surface area (Å²) in [5, 5.41) is 6.54. The fourth-order valence-electron chi connectivity index (χ4n) is 5.22. The molecule has 0 saturated carbocycles. The lowest BCUT2D eigenvalue weighted by Gasteiger charge is -2.39. The maximum absolute atomic E-state index is 13.9. The van der Waals surface area contributed by atoms with Gasteiger partial charge in [-0.2, -0.15) is 4.72 Å². The molecule has 1 amide bonds. The van der Waals surface area contributed by atoms with E-state index in [9.17, 15) is 31.2 Å². The Balaban J connectivity index is 1.71. The standard InChI is InChI=1S/C27H33F3N6O6S2/c1-6-34-20-18(16-7-8-35(15(2)9-16)25(38)42-26(3,4)5)10-17(44(39,40)33-27(12-28)13-41-14-27)11-19(20)36(24(34)37)23-32-31-22(43-23)21(29)30/h9-11,15,21,33H,6-8,12-14H2,1-5H3. The van der Waals surface area contributed by atoms with Crippen molar-refractivity contribution < 1.29 is 35.9 Å². The van der Waals surface area contributed by atoms with Crippen LogP contribution in [0.15, 0.2) is 27.9 Å². The van der Waals surface area contributed by atoms with Crippen LogP contribution in [0.1, 0.15) is 58.0 Å². The number of halogens is 3. The van der Waals surface area contributed by atoms with Crippen molar-refractivity contribution in [3.05, 3.63) is 39.3 Å². The molecular weight excluding hydrogens is 625 g/mol. The normalized spacial score (nSPS) is 18.9. The van der Waals surface area contributed by atoms with Crippen molar-refractivity contribution in [3.63, 3.8) is 0 Å². The number of hydrogen-bond acceptors (Lipinski definition) is 9.